The van der Waals surface area contributed by atoms with Crippen molar-refractivity contribution in [3.8, 4) is 11.5 Å². The minimum atomic E-state index is -0.640. The number of aromatic nitrogens is 3. The van der Waals surface area contributed by atoms with Gasteiger partial charge < -0.3 is 19.5 Å². The summed E-state index contributed by atoms with van der Waals surface area (Å²) >= 11 is 20.2. The van der Waals surface area contributed by atoms with Crippen molar-refractivity contribution in [1.82, 2.24) is 14.8 Å². The number of carbonyl (C=O) groups excluding carboxylic acids is 1. The second-order valence-electron chi connectivity index (χ2n) is 10.2. The van der Waals surface area contributed by atoms with E-state index in [4.69, 9.17) is 59.1 Å². The first kappa shape index (κ1) is 32.0. The minimum absolute atomic E-state index is 0.215. The van der Waals surface area contributed by atoms with Crippen LogP contribution in [0.15, 0.2) is 77.1 Å². The quantitative estimate of drug-likeness (QED) is 0.125. The molecule has 1 unspecified atom stereocenters. The zero-order valence-electron chi connectivity index (χ0n) is 24.6. The highest BCUT2D eigenvalue weighted by atomic mass is 35.5. The fourth-order valence-electron chi connectivity index (χ4n) is 4.68. The van der Waals surface area contributed by atoms with E-state index in [1.807, 2.05) is 76.2 Å². The first-order valence-corrected chi connectivity index (χ1v) is 16.1. The lowest BCUT2D eigenvalue weighted by molar-refractivity contribution is -0.143. The number of allylic oxidation sites excluding steroid dienone is 1. The van der Waals surface area contributed by atoms with Crippen molar-refractivity contribution < 1.29 is 19.0 Å². The highest BCUT2D eigenvalue weighted by molar-refractivity contribution is 7.98. The Morgan fingerprint density at radius 2 is 1.80 bits per heavy atom. The van der Waals surface area contributed by atoms with Crippen LogP contribution in [0.1, 0.15) is 50.4 Å². The van der Waals surface area contributed by atoms with Crippen molar-refractivity contribution in [3.05, 3.63) is 104 Å². The van der Waals surface area contributed by atoms with Crippen LogP contribution < -0.4 is 14.8 Å². The monoisotopic (exact) mass is 672 g/mol. The molecule has 0 aliphatic carbocycles. The Bertz CT molecular complexity index is 1710. The molecule has 1 aliphatic heterocycles. The smallest absolute Gasteiger partial charge is 0.338 e. The largest absolute Gasteiger partial charge is 0.490 e. The van der Waals surface area contributed by atoms with Crippen LogP contribution in [0.4, 0.5) is 5.95 Å². The topological polar surface area (TPSA) is 87.5 Å². The number of fused-ring (bicyclic) bond motifs is 1. The number of hydrogen-bond donors (Lipinski definition) is 1. The van der Waals surface area contributed by atoms with Crippen molar-refractivity contribution in [2.75, 3.05) is 11.9 Å². The standard InChI is InChI=1S/C32H31Cl3N4O4S/c1-5-41-27-14-20(11-13-26(27)42-16-21-10-12-23(33)15-25(21)35)29-28(30(40)43-18(2)3)19(4)36-31-37-32(38-39(29)31)44-17-22-8-6-7-9-24(22)34/h6-15,18,29H,5,16-17H2,1-4H3,(H,36,37,38). The molecule has 1 aliphatic rings. The van der Waals surface area contributed by atoms with Gasteiger partial charge in [0.15, 0.2) is 11.5 Å². The van der Waals surface area contributed by atoms with Gasteiger partial charge in [-0.2, -0.15) is 4.98 Å². The number of thioether (sulfide) groups is 1. The lowest BCUT2D eigenvalue weighted by atomic mass is 9.95. The highest BCUT2D eigenvalue weighted by Gasteiger charge is 2.36. The van der Waals surface area contributed by atoms with E-state index in [0.717, 1.165) is 16.7 Å². The van der Waals surface area contributed by atoms with Crippen molar-refractivity contribution in [2.24, 2.45) is 0 Å². The number of nitrogens with zero attached hydrogens (tertiary/aromatic N) is 3. The van der Waals surface area contributed by atoms with Gasteiger partial charge in [-0.15, -0.1) is 5.10 Å². The van der Waals surface area contributed by atoms with Crippen molar-refractivity contribution in [1.29, 1.82) is 0 Å². The first-order valence-electron chi connectivity index (χ1n) is 14.0. The van der Waals surface area contributed by atoms with E-state index in [-0.39, 0.29) is 12.7 Å². The summed E-state index contributed by atoms with van der Waals surface area (Å²) in [5.41, 5.74) is 3.55. The van der Waals surface area contributed by atoms with Crippen LogP contribution in [0, 0.1) is 0 Å². The molecule has 1 N–H and O–H groups in total. The molecule has 230 valence electrons. The summed E-state index contributed by atoms with van der Waals surface area (Å²) in [5.74, 6) is 1.68. The Hall–Kier alpha value is -3.37. The number of benzene rings is 3. The average Bonchev–Trinajstić information content (AvgIpc) is 3.38. The molecule has 0 amide bonds. The fourth-order valence-corrected chi connectivity index (χ4v) is 6.25. The van der Waals surface area contributed by atoms with Crippen LogP contribution in [-0.2, 0) is 21.9 Å². The average molecular weight is 674 g/mol. The zero-order valence-corrected chi connectivity index (χ0v) is 27.7. The third-order valence-corrected chi connectivity index (χ3v) is 8.53. The molecular formula is C32H31Cl3N4O4S. The summed E-state index contributed by atoms with van der Waals surface area (Å²) in [5, 5.41) is 10.3. The molecule has 1 atom stereocenters. The predicted octanol–water partition coefficient (Wildman–Crippen LogP) is 8.75. The molecule has 3 aromatic carbocycles. The Balaban J connectivity index is 1.50. The molecule has 8 nitrogen and oxygen atoms in total. The summed E-state index contributed by atoms with van der Waals surface area (Å²) in [6.07, 6.45) is -0.309. The van der Waals surface area contributed by atoms with Gasteiger partial charge in [0, 0.05) is 32.1 Å². The maximum absolute atomic E-state index is 13.5. The number of carbonyl (C=O) groups is 1. The summed E-state index contributed by atoms with van der Waals surface area (Å²) in [4.78, 5) is 18.2. The van der Waals surface area contributed by atoms with Gasteiger partial charge in [-0.25, -0.2) is 9.48 Å². The molecule has 5 rings (SSSR count). The van der Waals surface area contributed by atoms with Crippen LogP contribution in [-0.4, -0.2) is 33.4 Å². The second kappa shape index (κ2) is 14.2. The van der Waals surface area contributed by atoms with E-state index < -0.39 is 12.0 Å². The SMILES string of the molecule is CCOc1cc(C2C(C(=O)OC(C)C)=C(C)Nc3nc(SCc4ccccc4Cl)nn32)ccc1OCc1ccc(Cl)cc1Cl. The number of halogens is 3. The Morgan fingerprint density at radius 1 is 1.00 bits per heavy atom. The molecule has 0 saturated carbocycles. The molecule has 0 spiro atoms. The molecule has 0 radical (unpaired) electrons. The van der Waals surface area contributed by atoms with Crippen LogP contribution in [0.5, 0.6) is 11.5 Å². The van der Waals surface area contributed by atoms with E-state index in [9.17, 15) is 4.79 Å². The Morgan fingerprint density at radius 3 is 2.52 bits per heavy atom. The van der Waals surface area contributed by atoms with Crippen LogP contribution >= 0.6 is 46.6 Å². The molecule has 0 saturated heterocycles. The maximum Gasteiger partial charge on any atom is 0.338 e. The van der Waals surface area contributed by atoms with Crippen LogP contribution in [0.2, 0.25) is 15.1 Å². The number of esters is 1. The number of anilines is 1. The number of nitrogens with one attached hydrogen (secondary N) is 1. The van der Waals surface area contributed by atoms with Gasteiger partial charge in [-0.05, 0) is 69.2 Å². The molecule has 4 aromatic rings. The van der Waals surface area contributed by atoms with Gasteiger partial charge in [-0.3, -0.25) is 0 Å². The lowest BCUT2D eigenvalue weighted by Crippen LogP contribution is -2.30. The Labute approximate surface area is 275 Å². The second-order valence-corrected chi connectivity index (χ2v) is 12.4. The van der Waals surface area contributed by atoms with Gasteiger partial charge in [0.2, 0.25) is 11.1 Å². The minimum Gasteiger partial charge on any atom is -0.490 e. The van der Waals surface area contributed by atoms with Crippen molar-refractivity contribution in [2.45, 2.75) is 57.4 Å². The molecule has 2 heterocycles. The zero-order chi connectivity index (χ0) is 31.4. The van der Waals surface area contributed by atoms with Gasteiger partial charge >= 0.3 is 5.97 Å². The highest BCUT2D eigenvalue weighted by Crippen LogP contribution is 2.41. The van der Waals surface area contributed by atoms with Gasteiger partial charge in [-0.1, -0.05) is 76.9 Å². The van der Waals surface area contributed by atoms with Gasteiger partial charge in [0.05, 0.1) is 18.3 Å². The summed E-state index contributed by atoms with van der Waals surface area (Å²) in [7, 11) is 0. The van der Waals surface area contributed by atoms with Crippen LogP contribution in [0.25, 0.3) is 0 Å². The van der Waals surface area contributed by atoms with E-state index in [1.54, 1.807) is 16.8 Å². The fraction of sp³-hybridized carbons (Fsp3) is 0.281. The summed E-state index contributed by atoms with van der Waals surface area (Å²) < 4.78 is 19.5. The van der Waals surface area contributed by atoms with E-state index >= 15 is 0 Å². The maximum atomic E-state index is 13.5. The van der Waals surface area contributed by atoms with E-state index in [2.05, 4.69) is 5.32 Å². The third-order valence-electron chi connectivity index (χ3n) is 6.69. The molecule has 1 aromatic heterocycles. The van der Waals surface area contributed by atoms with Crippen molar-refractivity contribution >= 4 is 58.5 Å². The molecule has 0 fully saturated rings. The molecular weight excluding hydrogens is 643 g/mol. The molecule has 44 heavy (non-hydrogen) atoms. The van der Waals surface area contributed by atoms with E-state index in [0.29, 0.717) is 61.3 Å². The number of rotatable bonds is 11. The normalized spacial score (nSPS) is 14.3. The van der Waals surface area contributed by atoms with Gasteiger partial charge in [0.25, 0.3) is 0 Å². The number of hydrogen-bond acceptors (Lipinski definition) is 8. The van der Waals surface area contributed by atoms with E-state index in [1.165, 1.54) is 11.8 Å². The number of ether oxygens (including phenoxy) is 3. The summed E-state index contributed by atoms with van der Waals surface area (Å²) in [6, 6.07) is 17.8. The lowest BCUT2D eigenvalue weighted by Gasteiger charge is -2.29. The molecule has 0 bridgehead atoms. The predicted molar refractivity (Wildman–Crippen MR) is 175 cm³/mol. The first-order chi connectivity index (χ1) is 21.1. The van der Waals surface area contributed by atoms with Gasteiger partial charge in [0.1, 0.15) is 12.6 Å². The van der Waals surface area contributed by atoms with Crippen molar-refractivity contribution in [3.63, 3.8) is 0 Å². The van der Waals surface area contributed by atoms with Crippen LogP contribution in [0.3, 0.4) is 0 Å². The molecule has 12 heteroatoms. The summed E-state index contributed by atoms with van der Waals surface area (Å²) in [6.45, 7) is 7.97. The third kappa shape index (κ3) is 7.29. The Kier molecular flexibility index (Phi) is 10.3.